The molecule has 6 aliphatic heterocycles. The smallest absolute Gasteiger partial charge is 0.187 e. The third-order valence-corrected chi connectivity index (χ3v) is 9.20. The largest absolute Gasteiger partial charge is 0.394 e. The number of hydrogen-bond donors (Lipinski definition) is 8. The van der Waals surface area contributed by atoms with E-state index in [1.165, 1.54) is 14.2 Å². The molecular weight excluding hydrogens is 616 g/mol. The van der Waals surface area contributed by atoms with Crippen LogP contribution in [0, 0.1) is 0 Å². The van der Waals surface area contributed by atoms with Crippen LogP contribution >= 0.6 is 0 Å². The molecule has 20 atom stereocenters. The number of hydrogen-bond acceptors (Lipinski definition) is 19. The molecule has 0 amide bonds. The van der Waals surface area contributed by atoms with Crippen molar-refractivity contribution in [2.24, 2.45) is 0 Å². The SMILES string of the molecule is CO[C@@H]1[C@H](O[C@@H]2[C@@H](O)[C@@H](O)O[C@H](CO)[C@@H]2O)O[C@H]2CO[C@@H]1[C@@H]2O[C@@H]1O[C@H](CO)[C@H](O)[C@H](O[C@@H]2O[C@H]3CO[C@H]([C@@H]3O)[C@@H]2OC)[C@H]1O. The van der Waals surface area contributed by atoms with Crippen LogP contribution in [0.5, 0.6) is 0 Å². The molecule has 0 aromatic rings. The summed E-state index contributed by atoms with van der Waals surface area (Å²) in [4.78, 5) is 0. The fourth-order valence-corrected chi connectivity index (χ4v) is 6.73. The van der Waals surface area contributed by atoms with Gasteiger partial charge in [0.15, 0.2) is 25.2 Å². The lowest BCUT2D eigenvalue weighted by molar-refractivity contribution is -0.373. The molecule has 4 bridgehead atoms. The van der Waals surface area contributed by atoms with Crippen molar-refractivity contribution in [3.05, 3.63) is 0 Å². The maximum absolute atomic E-state index is 11.3. The number of aliphatic hydroxyl groups excluding tert-OH is 8. The van der Waals surface area contributed by atoms with Crippen LogP contribution in [0.3, 0.4) is 0 Å². The van der Waals surface area contributed by atoms with Crippen molar-refractivity contribution in [1.82, 2.24) is 0 Å². The van der Waals surface area contributed by atoms with Crippen molar-refractivity contribution < 1.29 is 93.0 Å². The van der Waals surface area contributed by atoms with Gasteiger partial charge >= 0.3 is 0 Å². The fraction of sp³-hybridized carbons (Fsp3) is 1.00. The summed E-state index contributed by atoms with van der Waals surface area (Å²) < 4.78 is 62.9. The molecule has 6 heterocycles. The molecule has 260 valence electrons. The van der Waals surface area contributed by atoms with Crippen LogP contribution in [0.15, 0.2) is 0 Å². The molecule has 19 heteroatoms. The highest BCUT2D eigenvalue weighted by atomic mass is 16.8. The summed E-state index contributed by atoms with van der Waals surface area (Å²) in [5.74, 6) is 0. The molecular formula is C26H42O19. The van der Waals surface area contributed by atoms with Crippen LogP contribution in [0.4, 0.5) is 0 Å². The van der Waals surface area contributed by atoms with E-state index in [0.717, 1.165) is 0 Å². The van der Waals surface area contributed by atoms with E-state index in [-0.39, 0.29) is 13.2 Å². The van der Waals surface area contributed by atoms with E-state index in [9.17, 15) is 40.9 Å². The summed E-state index contributed by atoms with van der Waals surface area (Å²) in [6, 6.07) is 0. The Labute approximate surface area is 256 Å². The van der Waals surface area contributed by atoms with E-state index in [2.05, 4.69) is 0 Å². The van der Waals surface area contributed by atoms with Gasteiger partial charge in [0.25, 0.3) is 0 Å². The highest BCUT2D eigenvalue weighted by Gasteiger charge is 2.59. The van der Waals surface area contributed by atoms with Crippen LogP contribution < -0.4 is 0 Å². The molecule has 45 heavy (non-hydrogen) atoms. The van der Waals surface area contributed by atoms with Crippen molar-refractivity contribution in [2.75, 3.05) is 40.6 Å². The summed E-state index contributed by atoms with van der Waals surface area (Å²) >= 11 is 0. The van der Waals surface area contributed by atoms with Crippen LogP contribution in [-0.4, -0.2) is 204 Å². The van der Waals surface area contributed by atoms with Gasteiger partial charge in [-0.1, -0.05) is 0 Å². The highest BCUT2D eigenvalue weighted by Crippen LogP contribution is 2.39. The number of ether oxygens (including phenoxy) is 11. The quantitative estimate of drug-likeness (QED) is 0.108. The molecule has 0 saturated carbocycles. The first-order valence-electron chi connectivity index (χ1n) is 14.8. The Hall–Kier alpha value is -0.760. The summed E-state index contributed by atoms with van der Waals surface area (Å²) in [7, 11) is 2.71. The van der Waals surface area contributed by atoms with E-state index in [0.29, 0.717) is 0 Å². The fourth-order valence-electron chi connectivity index (χ4n) is 6.73. The van der Waals surface area contributed by atoms with Gasteiger partial charge in [-0.3, -0.25) is 0 Å². The molecule has 6 fully saturated rings. The first kappa shape index (κ1) is 34.1. The van der Waals surface area contributed by atoms with E-state index in [4.69, 9.17) is 52.1 Å². The zero-order valence-electron chi connectivity index (χ0n) is 24.4. The predicted molar refractivity (Wildman–Crippen MR) is 137 cm³/mol. The molecule has 0 aromatic heterocycles. The second-order valence-electron chi connectivity index (χ2n) is 11.8. The van der Waals surface area contributed by atoms with Crippen LogP contribution in [-0.2, 0) is 52.1 Å². The standard InChI is InChI=1S/C26H42O19/c1-35-21-19-13(31)9(5-37-19)41-25(21)45-18-12(30)8(4-28)40-24(15(18)33)43-16-10-6-38-20(16)22(36-2)26(42-10)44-17-11(29)7(3-27)39-23(34)14(17)32/h7-34H,3-6H2,1-2H3/t7-,8-,9+,10+,11+,12+,13-,14-,15-,16-,17+,18+,19-,20-,21+,22+,23+,24+,25+,26+/m1/s1. The Morgan fingerprint density at radius 2 is 1.02 bits per heavy atom. The molecule has 6 rings (SSSR count). The molecule has 8 N–H and O–H groups in total. The highest BCUT2D eigenvalue weighted by molar-refractivity contribution is 5.01. The van der Waals surface area contributed by atoms with Gasteiger partial charge in [0.1, 0.15) is 97.7 Å². The Bertz CT molecular complexity index is 979. The predicted octanol–water partition coefficient (Wildman–Crippen LogP) is -6.35. The van der Waals surface area contributed by atoms with Crippen LogP contribution in [0.25, 0.3) is 0 Å². The molecule has 0 unspecified atom stereocenters. The minimum absolute atomic E-state index is 0.0127. The van der Waals surface area contributed by atoms with Gasteiger partial charge in [0.05, 0.1) is 26.4 Å². The first-order chi connectivity index (χ1) is 21.6. The molecule has 19 nitrogen and oxygen atoms in total. The summed E-state index contributed by atoms with van der Waals surface area (Å²) in [6.45, 7) is -1.22. The molecule has 6 saturated heterocycles. The van der Waals surface area contributed by atoms with Crippen molar-refractivity contribution in [2.45, 2.75) is 123 Å². The lowest BCUT2D eigenvalue weighted by Crippen LogP contribution is -2.66. The Morgan fingerprint density at radius 1 is 0.511 bits per heavy atom. The van der Waals surface area contributed by atoms with Crippen molar-refractivity contribution in [1.29, 1.82) is 0 Å². The molecule has 6 aliphatic rings. The van der Waals surface area contributed by atoms with E-state index >= 15 is 0 Å². The Kier molecular flexibility index (Phi) is 10.6. The van der Waals surface area contributed by atoms with Crippen LogP contribution in [0.1, 0.15) is 0 Å². The number of fused-ring (bicyclic) bond motifs is 4. The average molecular weight is 659 g/mol. The number of aliphatic hydroxyl groups is 8. The average Bonchev–Trinajstić information content (AvgIpc) is 3.44. The minimum atomic E-state index is -1.75. The third-order valence-electron chi connectivity index (χ3n) is 9.20. The van der Waals surface area contributed by atoms with Gasteiger partial charge in [0.2, 0.25) is 0 Å². The summed E-state index contributed by atoms with van der Waals surface area (Å²) in [5.41, 5.74) is 0. The zero-order chi connectivity index (χ0) is 32.2. The van der Waals surface area contributed by atoms with E-state index in [1.54, 1.807) is 0 Å². The Balaban J connectivity index is 1.15. The second-order valence-corrected chi connectivity index (χ2v) is 11.8. The molecule has 0 radical (unpaired) electrons. The van der Waals surface area contributed by atoms with Gasteiger partial charge in [-0.15, -0.1) is 0 Å². The van der Waals surface area contributed by atoms with Crippen molar-refractivity contribution in [3.63, 3.8) is 0 Å². The third kappa shape index (κ3) is 6.16. The second kappa shape index (κ2) is 14.0. The number of methoxy groups -OCH3 is 2. The maximum Gasteiger partial charge on any atom is 0.187 e. The molecule has 0 spiro atoms. The van der Waals surface area contributed by atoms with Crippen molar-refractivity contribution >= 4 is 0 Å². The Morgan fingerprint density at radius 3 is 1.64 bits per heavy atom. The van der Waals surface area contributed by atoms with Gasteiger partial charge in [-0.25, -0.2) is 0 Å². The molecule has 0 aliphatic carbocycles. The lowest BCUT2D eigenvalue weighted by atomic mass is 9.96. The number of rotatable bonds is 10. The van der Waals surface area contributed by atoms with Crippen LogP contribution in [0.2, 0.25) is 0 Å². The summed E-state index contributed by atoms with van der Waals surface area (Å²) in [6.07, 6.45) is -24.3. The normalized spacial score (nSPS) is 54.8. The molecule has 0 aromatic carbocycles. The first-order valence-corrected chi connectivity index (χ1v) is 14.8. The maximum atomic E-state index is 11.3. The van der Waals surface area contributed by atoms with Gasteiger partial charge < -0.3 is 93.0 Å². The van der Waals surface area contributed by atoms with Gasteiger partial charge in [-0.05, 0) is 0 Å². The zero-order valence-corrected chi connectivity index (χ0v) is 24.4. The van der Waals surface area contributed by atoms with Gasteiger partial charge in [0, 0.05) is 14.2 Å². The van der Waals surface area contributed by atoms with Crippen molar-refractivity contribution in [3.8, 4) is 0 Å². The minimum Gasteiger partial charge on any atom is -0.394 e. The van der Waals surface area contributed by atoms with E-state index in [1.807, 2.05) is 0 Å². The summed E-state index contributed by atoms with van der Waals surface area (Å²) in [5, 5.41) is 83.1. The lowest BCUT2D eigenvalue weighted by Gasteiger charge is -2.47. The van der Waals surface area contributed by atoms with E-state index < -0.39 is 136 Å². The topological polar surface area (TPSA) is 263 Å². The van der Waals surface area contributed by atoms with Gasteiger partial charge in [-0.2, -0.15) is 0 Å². The monoisotopic (exact) mass is 658 g/mol.